The normalized spacial score (nSPS) is 33.3. The summed E-state index contributed by atoms with van der Waals surface area (Å²) >= 11 is 0. The van der Waals surface area contributed by atoms with Gasteiger partial charge in [0.25, 0.3) is 0 Å². The van der Waals surface area contributed by atoms with Gasteiger partial charge in [-0.05, 0) is 12.8 Å². The molecular weight excluding hydrogens is 72.1 g/mol. The molecule has 0 bridgehead atoms. The largest absolute Gasteiger partial charge is 0.0842 e. The van der Waals surface area contributed by atoms with Crippen molar-refractivity contribution in [1.29, 1.82) is 0 Å². The molecule has 32 valence electrons. The molecule has 1 rings (SSSR count). The van der Waals surface area contributed by atoms with Crippen LogP contribution in [0.5, 0.6) is 0 Å². The van der Waals surface area contributed by atoms with E-state index in [1.54, 1.807) is 0 Å². The maximum Gasteiger partial charge on any atom is 0.0313 e. The van der Waals surface area contributed by atoms with Crippen LogP contribution in [0.3, 0.4) is 0 Å². The summed E-state index contributed by atoms with van der Waals surface area (Å²) in [6.07, 6.45) is 8.70. The minimum Gasteiger partial charge on any atom is -0.0842 e. The highest BCUT2D eigenvalue weighted by molar-refractivity contribution is 5.07. The van der Waals surface area contributed by atoms with E-state index in [0.717, 1.165) is 6.42 Å². The first kappa shape index (κ1) is 2.62. The van der Waals surface area contributed by atoms with Crippen molar-refractivity contribution in [1.82, 2.24) is 0 Å². The van der Waals surface area contributed by atoms with Gasteiger partial charge in [0.05, 0.1) is 0 Å². The molecule has 0 amide bonds. The lowest BCUT2D eigenvalue weighted by molar-refractivity contribution is 1.04. The molecule has 0 saturated heterocycles. The maximum absolute atomic E-state index is 7.13. The maximum atomic E-state index is 7.13. The van der Waals surface area contributed by atoms with Gasteiger partial charge in [-0.1, -0.05) is 24.3 Å². The molecule has 0 spiro atoms. The van der Waals surface area contributed by atoms with E-state index in [-0.39, 0.29) is 6.40 Å². The molecule has 0 radical (unpaired) electrons. The predicted molar refractivity (Wildman–Crippen MR) is 27.5 cm³/mol. The van der Waals surface area contributed by atoms with E-state index >= 15 is 0 Å². The van der Waals surface area contributed by atoms with Crippen molar-refractivity contribution in [2.24, 2.45) is 0 Å². The summed E-state index contributed by atoms with van der Waals surface area (Å²) in [4.78, 5) is 0. The molecule has 1 aliphatic rings. The molecule has 0 N–H and O–H groups in total. The Labute approximate surface area is 39.6 Å². The molecule has 0 saturated carbocycles. The molecule has 1 unspecified atom stereocenters. The molecule has 0 aromatic carbocycles. The molecular formula is C6H8. The minimum atomic E-state index is 0.0185. The van der Waals surface area contributed by atoms with E-state index in [1.165, 1.54) is 0 Å². The number of hydrogen-bond donors (Lipinski definition) is 0. The lowest BCUT2D eigenvalue weighted by Crippen LogP contribution is -1.67. The lowest BCUT2D eigenvalue weighted by atomic mass is 10.2. The van der Waals surface area contributed by atoms with Crippen molar-refractivity contribution >= 4 is 0 Å². The van der Waals surface area contributed by atoms with Crippen LogP contribution >= 0.6 is 0 Å². The van der Waals surface area contributed by atoms with Gasteiger partial charge in [-0.15, -0.1) is 0 Å². The van der Waals surface area contributed by atoms with Crippen LogP contribution in [0.4, 0.5) is 0 Å². The quantitative estimate of drug-likeness (QED) is 0.417. The molecule has 0 aliphatic heterocycles. The first-order valence-electron chi connectivity index (χ1n) is 2.73. The highest BCUT2D eigenvalue weighted by Crippen LogP contribution is 1.98. The summed E-state index contributed by atoms with van der Waals surface area (Å²) in [5, 5.41) is 0. The topological polar surface area (TPSA) is 0 Å². The number of rotatable bonds is 0. The molecule has 0 heterocycles. The molecule has 0 aromatic rings. The average molecular weight is 81.1 g/mol. The third-order valence-corrected chi connectivity index (χ3v) is 0.767. The fourth-order valence-corrected chi connectivity index (χ4v) is 0.457. The smallest absolute Gasteiger partial charge is 0.0313 e. The minimum absolute atomic E-state index is 0.0185. The summed E-state index contributed by atoms with van der Waals surface area (Å²) in [7, 11) is 0. The molecule has 0 fully saturated rings. The van der Waals surface area contributed by atoms with Gasteiger partial charge < -0.3 is 0 Å². The van der Waals surface area contributed by atoms with E-state index in [9.17, 15) is 0 Å². The van der Waals surface area contributed by atoms with Gasteiger partial charge in [0.1, 0.15) is 0 Å². The molecule has 1 atom stereocenters. The first-order chi connectivity index (χ1) is 3.39. The fraction of sp³-hybridized carbons (Fsp3) is 0.333. The Balaban J connectivity index is 2.49. The molecule has 6 heavy (non-hydrogen) atoms. The van der Waals surface area contributed by atoms with Crippen molar-refractivity contribution in [3.63, 3.8) is 0 Å². The summed E-state index contributed by atoms with van der Waals surface area (Å²) < 4.78 is 7.13. The van der Waals surface area contributed by atoms with E-state index in [2.05, 4.69) is 0 Å². The standard InChI is InChI=1S/C6H8/c1-2-4-6-5-3-1/h1-4H,5-6H2/i5D. The first-order valence-corrected chi connectivity index (χ1v) is 2.15. The lowest BCUT2D eigenvalue weighted by Gasteiger charge is -1.88. The Morgan fingerprint density at radius 3 is 2.50 bits per heavy atom. The van der Waals surface area contributed by atoms with Crippen LogP contribution in [0.15, 0.2) is 24.3 Å². The molecule has 0 aromatic heterocycles. The summed E-state index contributed by atoms with van der Waals surface area (Å²) in [6, 6.07) is 0. The highest BCUT2D eigenvalue weighted by atomic mass is 13.8. The second kappa shape index (κ2) is 1.81. The molecule has 1 aliphatic carbocycles. The monoisotopic (exact) mass is 81.1 g/mol. The Kier molecular flexibility index (Phi) is 0.789. The SMILES string of the molecule is [2H]C1C=CC=CC1. The van der Waals surface area contributed by atoms with Gasteiger partial charge >= 0.3 is 0 Å². The fourth-order valence-electron chi connectivity index (χ4n) is 0.457. The van der Waals surface area contributed by atoms with Gasteiger partial charge in [-0.2, -0.15) is 0 Å². The van der Waals surface area contributed by atoms with E-state index in [1.807, 2.05) is 24.3 Å². The van der Waals surface area contributed by atoms with Gasteiger partial charge in [0, 0.05) is 1.37 Å². The Bertz CT molecular complexity index is 103. The predicted octanol–water partition coefficient (Wildman–Crippen LogP) is 1.89. The second-order valence-electron chi connectivity index (χ2n) is 1.28. The van der Waals surface area contributed by atoms with Crippen molar-refractivity contribution in [3.8, 4) is 0 Å². The Morgan fingerprint density at radius 2 is 2.17 bits per heavy atom. The van der Waals surface area contributed by atoms with Gasteiger partial charge in [0.2, 0.25) is 0 Å². The van der Waals surface area contributed by atoms with E-state index in [0.29, 0.717) is 0 Å². The third-order valence-electron chi connectivity index (χ3n) is 0.767. The van der Waals surface area contributed by atoms with Crippen LogP contribution in [0.25, 0.3) is 0 Å². The van der Waals surface area contributed by atoms with Crippen molar-refractivity contribution in [2.75, 3.05) is 0 Å². The Morgan fingerprint density at radius 1 is 1.33 bits per heavy atom. The van der Waals surface area contributed by atoms with E-state index < -0.39 is 0 Å². The van der Waals surface area contributed by atoms with Gasteiger partial charge in [-0.3, -0.25) is 0 Å². The van der Waals surface area contributed by atoms with Gasteiger partial charge in [0.15, 0.2) is 0 Å². The Hall–Kier alpha value is -0.520. The van der Waals surface area contributed by atoms with Crippen LogP contribution in [-0.2, 0) is 0 Å². The second-order valence-corrected chi connectivity index (χ2v) is 1.28. The van der Waals surface area contributed by atoms with Crippen molar-refractivity contribution in [2.45, 2.75) is 12.8 Å². The van der Waals surface area contributed by atoms with Crippen LogP contribution in [0, 0.1) is 0 Å². The summed E-state index contributed by atoms with van der Waals surface area (Å²) in [5.74, 6) is 0. The summed E-state index contributed by atoms with van der Waals surface area (Å²) in [6.45, 7) is 0. The van der Waals surface area contributed by atoms with Crippen LogP contribution in [0.1, 0.15) is 14.2 Å². The third kappa shape index (κ3) is 0.713. The molecule has 0 heteroatoms. The van der Waals surface area contributed by atoms with Crippen LogP contribution < -0.4 is 0 Å². The van der Waals surface area contributed by atoms with E-state index in [4.69, 9.17) is 1.37 Å². The zero-order chi connectivity index (χ0) is 5.11. The zero-order valence-electron chi connectivity index (χ0n) is 4.59. The van der Waals surface area contributed by atoms with Crippen LogP contribution in [0.2, 0.25) is 0 Å². The molecule has 0 nitrogen and oxygen atoms in total. The highest BCUT2D eigenvalue weighted by Gasteiger charge is 1.77. The number of hydrogen-bond acceptors (Lipinski definition) is 0. The summed E-state index contributed by atoms with van der Waals surface area (Å²) in [5.41, 5.74) is 0. The zero-order valence-corrected chi connectivity index (χ0v) is 3.59. The number of allylic oxidation sites excluding steroid dienone is 4. The van der Waals surface area contributed by atoms with Crippen molar-refractivity contribution < 1.29 is 1.37 Å². The van der Waals surface area contributed by atoms with Gasteiger partial charge in [-0.25, -0.2) is 0 Å². The van der Waals surface area contributed by atoms with Crippen molar-refractivity contribution in [3.05, 3.63) is 24.3 Å². The van der Waals surface area contributed by atoms with Crippen LogP contribution in [-0.4, -0.2) is 0 Å². The average Bonchev–Trinajstić information content (AvgIpc) is 1.69.